The quantitative estimate of drug-likeness (QED) is 0.845. The second-order valence-electron chi connectivity index (χ2n) is 3.91. The van der Waals surface area contributed by atoms with Crippen LogP contribution in [0.1, 0.15) is 16.8 Å². The summed E-state index contributed by atoms with van der Waals surface area (Å²) in [6, 6.07) is 4.24. The molecule has 1 atom stereocenters. The lowest BCUT2D eigenvalue weighted by Crippen LogP contribution is -2.48. The standard InChI is InChI=1S/C11H11BrFNO2/c12-7-1-2-9(13)8(5-7)10(15)11(14)3-4-16-6-11/h1-2,5H,3-4,6,14H2. The number of carbonyl (C=O) groups excluding carboxylic acids is 1. The van der Waals surface area contributed by atoms with Crippen molar-refractivity contribution in [3.05, 3.63) is 34.1 Å². The van der Waals surface area contributed by atoms with Gasteiger partial charge < -0.3 is 10.5 Å². The van der Waals surface area contributed by atoms with Crippen molar-refractivity contribution in [2.45, 2.75) is 12.0 Å². The Labute approximate surface area is 101 Å². The molecule has 0 aromatic heterocycles. The molecule has 1 fully saturated rings. The smallest absolute Gasteiger partial charge is 0.188 e. The van der Waals surface area contributed by atoms with Crippen LogP contribution in [0.3, 0.4) is 0 Å². The van der Waals surface area contributed by atoms with Gasteiger partial charge in [0.05, 0.1) is 12.2 Å². The van der Waals surface area contributed by atoms with E-state index in [0.717, 1.165) is 0 Å². The molecule has 86 valence electrons. The zero-order valence-corrected chi connectivity index (χ0v) is 10.1. The van der Waals surface area contributed by atoms with Crippen LogP contribution in [0.2, 0.25) is 0 Å². The van der Waals surface area contributed by atoms with E-state index in [1.54, 1.807) is 6.07 Å². The van der Waals surface area contributed by atoms with Gasteiger partial charge in [-0.25, -0.2) is 4.39 Å². The van der Waals surface area contributed by atoms with Crippen LogP contribution >= 0.6 is 15.9 Å². The van der Waals surface area contributed by atoms with E-state index in [0.29, 0.717) is 17.5 Å². The number of hydrogen-bond donors (Lipinski definition) is 1. The maximum Gasteiger partial charge on any atom is 0.188 e. The van der Waals surface area contributed by atoms with Crippen molar-refractivity contribution in [2.75, 3.05) is 13.2 Å². The Morgan fingerprint density at radius 3 is 2.94 bits per heavy atom. The number of benzene rings is 1. The Kier molecular flexibility index (Phi) is 3.10. The van der Waals surface area contributed by atoms with Crippen LogP contribution in [0.4, 0.5) is 4.39 Å². The van der Waals surface area contributed by atoms with E-state index in [1.165, 1.54) is 12.1 Å². The number of halogens is 2. The van der Waals surface area contributed by atoms with E-state index in [-0.39, 0.29) is 12.2 Å². The Morgan fingerprint density at radius 1 is 1.56 bits per heavy atom. The summed E-state index contributed by atoms with van der Waals surface area (Å²) in [6.07, 6.45) is 0.428. The van der Waals surface area contributed by atoms with E-state index in [1.807, 2.05) is 0 Å². The van der Waals surface area contributed by atoms with Gasteiger partial charge in [-0.15, -0.1) is 0 Å². The number of hydrogen-bond acceptors (Lipinski definition) is 3. The minimum Gasteiger partial charge on any atom is -0.379 e. The van der Waals surface area contributed by atoms with Crippen LogP contribution in [0.15, 0.2) is 22.7 Å². The number of carbonyl (C=O) groups is 1. The van der Waals surface area contributed by atoms with Gasteiger partial charge in [0.2, 0.25) is 0 Å². The lowest BCUT2D eigenvalue weighted by atomic mass is 9.89. The molecule has 0 amide bonds. The maximum atomic E-state index is 13.5. The van der Waals surface area contributed by atoms with Crippen molar-refractivity contribution >= 4 is 21.7 Å². The Hall–Kier alpha value is -0.780. The number of nitrogens with two attached hydrogens (primary N) is 1. The molecular weight excluding hydrogens is 277 g/mol. The van der Waals surface area contributed by atoms with Gasteiger partial charge in [0, 0.05) is 11.1 Å². The molecule has 3 nitrogen and oxygen atoms in total. The highest BCUT2D eigenvalue weighted by Gasteiger charge is 2.39. The highest BCUT2D eigenvalue weighted by molar-refractivity contribution is 9.10. The van der Waals surface area contributed by atoms with Crippen molar-refractivity contribution in [1.29, 1.82) is 0 Å². The second kappa shape index (κ2) is 4.24. The van der Waals surface area contributed by atoms with Crippen LogP contribution in [-0.2, 0) is 4.74 Å². The summed E-state index contributed by atoms with van der Waals surface area (Å²) in [5.41, 5.74) is 4.83. The SMILES string of the molecule is NC1(C(=O)c2cc(Br)ccc2F)CCOC1. The highest BCUT2D eigenvalue weighted by Crippen LogP contribution is 2.24. The molecule has 2 N–H and O–H groups in total. The minimum atomic E-state index is -1.08. The Bertz CT molecular complexity index is 430. The summed E-state index contributed by atoms with van der Waals surface area (Å²) in [5.74, 6) is -0.950. The summed E-state index contributed by atoms with van der Waals surface area (Å²) in [4.78, 5) is 12.1. The predicted molar refractivity (Wildman–Crippen MR) is 60.8 cm³/mol. The summed E-state index contributed by atoms with van der Waals surface area (Å²) >= 11 is 3.20. The van der Waals surface area contributed by atoms with Crippen LogP contribution in [-0.4, -0.2) is 24.5 Å². The zero-order valence-electron chi connectivity index (χ0n) is 8.50. The molecule has 0 spiro atoms. The number of rotatable bonds is 2. The van der Waals surface area contributed by atoms with Crippen molar-refractivity contribution in [2.24, 2.45) is 5.73 Å². The maximum absolute atomic E-state index is 13.5. The molecule has 1 unspecified atom stereocenters. The Balaban J connectivity index is 2.36. The largest absolute Gasteiger partial charge is 0.379 e. The molecule has 1 aliphatic heterocycles. The van der Waals surface area contributed by atoms with Gasteiger partial charge >= 0.3 is 0 Å². The second-order valence-corrected chi connectivity index (χ2v) is 4.83. The first-order valence-corrected chi connectivity index (χ1v) is 5.69. The van der Waals surface area contributed by atoms with Crippen molar-refractivity contribution in [1.82, 2.24) is 0 Å². The number of ketones is 1. The fraction of sp³-hybridized carbons (Fsp3) is 0.364. The first-order valence-electron chi connectivity index (χ1n) is 4.89. The van der Waals surface area contributed by atoms with Crippen LogP contribution in [0.5, 0.6) is 0 Å². The predicted octanol–water partition coefficient (Wildman–Crippen LogP) is 1.89. The molecule has 0 aliphatic carbocycles. The molecule has 0 radical (unpaired) electrons. The summed E-state index contributed by atoms with van der Waals surface area (Å²) < 4.78 is 19.3. The van der Waals surface area contributed by atoms with Gasteiger partial charge in [0.1, 0.15) is 11.4 Å². The molecule has 1 aromatic carbocycles. The van der Waals surface area contributed by atoms with E-state index < -0.39 is 17.1 Å². The van der Waals surface area contributed by atoms with Gasteiger partial charge in [-0.3, -0.25) is 4.79 Å². The fourth-order valence-corrected chi connectivity index (χ4v) is 2.06. The third-order valence-corrected chi connectivity index (χ3v) is 3.17. The molecular formula is C11H11BrFNO2. The van der Waals surface area contributed by atoms with Gasteiger partial charge in [0.25, 0.3) is 0 Å². The number of ether oxygens (including phenoxy) is 1. The topological polar surface area (TPSA) is 52.3 Å². The zero-order chi connectivity index (χ0) is 11.8. The molecule has 1 aliphatic rings. The summed E-state index contributed by atoms with van der Waals surface area (Å²) in [6.45, 7) is 0.593. The monoisotopic (exact) mass is 287 g/mol. The van der Waals surface area contributed by atoms with Gasteiger partial charge in [0.15, 0.2) is 5.78 Å². The van der Waals surface area contributed by atoms with E-state index in [4.69, 9.17) is 10.5 Å². The molecule has 1 heterocycles. The van der Waals surface area contributed by atoms with Gasteiger partial charge in [-0.2, -0.15) is 0 Å². The highest BCUT2D eigenvalue weighted by atomic mass is 79.9. The van der Waals surface area contributed by atoms with Crippen molar-refractivity contribution in [3.63, 3.8) is 0 Å². The van der Waals surface area contributed by atoms with E-state index in [9.17, 15) is 9.18 Å². The molecule has 1 aromatic rings. The normalized spacial score (nSPS) is 24.7. The van der Waals surface area contributed by atoms with E-state index in [2.05, 4.69) is 15.9 Å². The average molecular weight is 288 g/mol. The molecule has 5 heteroatoms. The van der Waals surface area contributed by atoms with Crippen molar-refractivity contribution in [3.8, 4) is 0 Å². The summed E-state index contributed by atoms with van der Waals surface area (Å²) in [5, 5.41) is 0. The van der Waals surface area contributed by atoms with Crippen LogP contribution in [0, 0.1) is 5.82 Å². The third kappa shape index (κ3) is 2.03. The van der Waals surface area contributed by atoms with Crippen LogP contribution < -0.4 is 5.73 Å². The third-order valence-electron chi connectivity index (χ3n) is 2.68. The molecule has 2 rings (SSSR count). The number of Topliss-reactive ketones (excluding diaryl/α,β-unsaturated/α-hetero) is 1. The van der Waals surface area contributed by atoms with Gasteiger partial charge in [-0.05, 0) is 24.6 Å². The summed E-state index contributed by atoms with van der Waals surface area (Å²) in [7, 11) is 0. The van der Waals surface area contributed by atoms with E-state index >= 15 is 0 Å². The van der Waals surface area contributed by atoms with Crippen LogP contribution in [0.25, 0.3) is 0 Å². The minimum absolute atomic E-state index is 0.0161. The van der Waals surface area contributed by atoms with Crippen molar-refractivity contribution < 1.29 is 13.9 Å². The average Bonchev–Trinajstić information content (AvgIpc) is 2.69. The molecule has 0 bridgehead atoms. The first-order chi connectivity index (χ1) is 7.53. The molecule has 16 heavy (non-hydrogen) atoms. The lowest BCUT2D eigenvalue weighted by molar-refractivity contribution is 0.0859. The fourth-order valence-electron chi connectivity index (χ4n) is 1.70. The van der Waals surface area contributed by atoms with Gasteiger partial charge in [-0.1, -0.05) is 15.9 Å². The molecule has 0 saturated carbocycles. The molecule has 1 saturated heterocycles. The lowest BCUT2D eigenvalue weighted by Gasteiger charge is -2.20. The first kappa shape index (κ1) is 11.7. The Morgan fingerprint density at radius 2 is 2.31 bits per heavy atom.